The van der Waals surface area contributed by atoms with E-state index < -0.39 is 11.5 Å². The first-order valence-electron chi connectivity index (χ1n) is 8.46. The van der Waals surface area contributed by atoms with Crippen molar-refractivity contribution in [2.45, 2.75) is 65.8 Å². The summed E-state index contributed by atoms with van der Waals surface area (Å²) in [6.07, 6.45) is 3.57. The quantitative estimate of drug-likeness (QED) is 0.723. The number of hydrogen-bond acceptors (Lipinski definition) is 3. The summed E-state index contributed by atoms with van der Waals surface area (Å²) < 4.78 is 0. The van der Waals surface area contributed by atoms with Gasteiger partial charge in [-0.2, -0.15) is 0 Å². The number of hydrogen-bond donors (Lipinski definition) is 2. The highest BCUT2D eigenvalue weighted by atomic mass is 16.4. The number of rotatable bonds is 8. The molecule has 0 saturated carbocycles. The van der Waals surface area contributed by atoms with Crippen LogP contribution in [0.5, 0.6) is 0 Å². The highest BCUT2D eigenvalue weighted by molar-refractivity contribution is 5.78. The van der Waals surface area contributed by atoms with Gasteiger partial charge in [0.15, 0.2) is 0 Å². The number of likely N-dealkylation sites (N-methyl/N-ethyl adjacent to an activating group) is 1. The van der Waals surface area contributed by atoms with Crippen molar-refractivity contribution in [3.8, 4) is 0 Å². The maximum absolute atomic E-state index is 11.6. The molecule has 1 aliphatic heterocycles. The van der Waals surface area contributed by atoms with Gasteiger partial charge in [-0.1, -0.05) is 34.6 Å². The second kappa shape index (κ2) is 7.59. The van der Waals surface area contributed by atoms with Crippen LogP contribution in [-0.2, 0) is 4.79 Å². The van der Waals surface area contributed by atoms with Gasteiger partial charge in [0, 0.05) is 6.54 Å². The molecule has 21 heavy (non-hydrogen) atoms. The van der Waals surface area contributed by atoms with Gasteiger partial charge in [-0.3, -0.25) is 4.79 Å². The molecule has 0 amide bonds. The highest BCUT2D eigenvalue weighted by Crippen LogP contribution is 2.33. The van der Waals surface area contributed by atoms with Crippen LogP contribution >= 0.6 is 0 Å². The number of carboxylic acid groups (broad SMARTS) is 1. The van der Waals surface area contributed by atoms with Crippen LogP contribution in [0, 0.1) is 11.3 Å². The van der Waals surface area contributed by atoms with E-state index in [1.165, 1.54) is 6.42 Å². The topological polar surface area (TPSA) is 52.6 Å². The molecule has 4 nitrogen and oxygen atoms in total. The normalized spacial score (nSPS) is 23.2. The first-order valence-corrected chi connectivity index (χ1v) is 8.46. The summed E-state index contributed by atoms with van der Waals surface area (Å²) in [7, 11) is 0. The lowest BCUT2D eigenvalue weighted by Gasteiger charge is -2.30. The van der Waals surface area contributed by atoms with E-state index in [-0.39, 0.29) is 0 Å². The van der Waals surface area contributed by atoms with Crippen LogP contribution in [0.15, 0.2) is 0 Å². The van der Waals surface area contributed by atoms with Crippen molar-refractivity contribution in [1.29, 1.82) is 0 Å². The maximum atomic E-state index is 11.6. The van der Waals surface area contributed by atoms with Crippen LogP contribution in [0.1, 0.15) is 60.3 Å². The third-order valence-corrected chi connectivity index (χ3v) is 5.10. The highest BCUT2D eigenvalue weighted by Gasteiger charge is 2.36. The molecule has 0 radical (unpaired) electrons. The summed E-state index contributed by atoms with van der Waals surface area (Å²) in [5, 5.41) is 12.7. The van der Waals surface area contributed by atoms with Gasteiger partial charge in [-0.05, 0) is 56.7 Å². The molecule has 4 heteroatoms. The van der Waals surface area contributed by atoms with Crippen LogP contribution < -0.4 is 5.32 Å². The summed E-state index contributed by atoms with van der Waals surface area (Å²) >= 11 is 0. The number of nitrogens with one attached hydrogen (secondary N) is 1. The molecule has 2 N–H and O–H groups in total. The smallest absolute Gasteiger partial charge is 0.323 e. The standard InChI is InChI=1S/C17H34N2O2/c1-6-17(15(20)21,18-7-2)10-8-11-19-12-9-14(13-19)16(3,4)5/h14,18H,6-13H2,1-5H3,(H,20,21). The van der Waals surface area contributed by atoms with Gasteiger partial charge in [-0.15, -0.1) is 0 Å². The second-order valence-corrected chi connectivity index (χ2v) is 7.53. The molecule has 0 aromatic heterocycles. The lowest BCUT2D eigenvalue weighted by molar-refractivity contribution is -0.145. The predicted octanol–water partition coefficient (Wildman–Crippen LogP) is 2.98. The minimum atomic E-state index is -0.738. The predicted molar refractivity (Wildman–Crippen MR) is 87.6 cm³/mol. The number of carbonyl (C=O) groups is 1. The minimum absolute atomic E-state index is 0.382. The Bertz CT molecular complexity index is 338. The van der Waals surface area contributed by atoms with Crippen LogP contribution in [0.25, 0.3) is 0 Å². The monoisotopic (exact) mass is 298 g/mol. The Morgan fingerprint density at radius 3 is 2.43 bits per heavy atom. The van der Waals surface area contributed by atoms with E-state index in [2.05, 4.69) is 31.0 Å². The summed E-state index contributed by atoms with van der Waals surface area (Å²) in [5.41, 5.74) is -0.356. The Morgan fingerprint density at radius 2 is 2.00 bits per heavy atom. The fraction of sp³-hybridized carbons (Fsp3) is 0.941. The van der Waals surface area contributed by atoms with Gasteiger partial charge < -0.3 is 15.3 Å². The third kappa shape index (κ3) is 4.96. The third-order valence-electron chi connectivity index (χ3n) is 5.10. The largest absolute Gasteiger partial charge is 0.480 e. The molecule has 1 rings (SSSR count). The van der Waals surface area contributed by atoms with Gasteiger partial charge in [0.05, 0.1) is 0 Å². The van der Waals surface area contributed by atoms with Gasteiger partial charge in [0.2, 0.25) is 0 Å². The van der Waals surface area contributed by atoms with Crippen molar-refractivity contribution in [3.05, 3.63) is 0 Å². The van der Waals surface area contributed by atoms with Crippen molar-refractivity contribution in [2.24, 2.45) is 11.3 Å². The molecule has 0 aliphatic carbocycles. The number of likely N-dealkylation sites (tertiary alicyclic amines) is 1. The van der Waals surface area contributed by atoms with Crippen molar-refractivity contribution in [3.63, 3.8) is 0 Å². The Balaban J connectivity index is 2.44. The first kappa shape index (κ1) is 18.4. The fourth-order valence-electron chi connectivity index (χ4n) is 3.41. The zero-order valence-corrected chi connectivity index (χ0v) is 14.5. The fourth-order valence-corrected chi connectivity index (χ4v) is 3.41. The molecule has 1 fully saturated rings. The molecule has 2 atom stereocenters. The van der Waals surface area contributed by atoms with E-state index in [1.54, 1.807) is 0 Å². The van der Waals surface area contributed by atoms with Gasteiger partial charge in [-0.25, -0.2) is 0 Å². The molecular weight excluding hydrogens is 264 g/mol. The summed E-state index contributed by atoms with van der Waals surface area (Å²) in [4.78, 5) is 14.1. The average molecular weight is 298 g/mol. The molecule has 2 unspecified atom stereocenters. The molecule has 0 aromatic rings. The van der Waals surface area contributed by atoms with Crippen molar-refractivity contribution in [2.75, 3.05) is 26.2 Å². The van der Waals surface area contributed by atoms with E-state index in [1.807, 2.05) is 13.8 Å². The Hall–Kier alpha value is -0.610. The Labute approximate surface area is 130 Å². The summed E-state index contributed by atoms with van der Waals surface area (Å²) in [5.74, 6) is 0.0579. The molecular formula is C17H34N2O2. The van der Waals surface area contributed by atoms with E-state index in [9.17, 15) is 9.90 Å². The second-order valence-electron chi connectivity index (χ2n) is 7.53. The van der Waals surface area contributed by atoms with E-state index >= 15 is 0 Å². The molecule has 0 aromatic carbocycles. The summed E-state index contributed by atoms with van der Waals surface area (Å²) in [6, 6.07) is 0. The zero-order chi connectivity index (χ0) is 16.1. The lowest BCUT2D eigenvalue weighted by Crippen LogP contribution is -2.51. The van der Waals surface area contributed by atoms with Crippen molar-refractivity contribution in [1.82, 2.24) is 10.2 Å². The van der Waals surface area contributed by atoms with Crippen molar-refractivity contribution < 1.29 is 9.90 Å². The Morgan fingerprint density at radius 1 is 1.33 bits per heavy atom. The molecule has 0 bridgehead atoms. The number of carboxylic acids is 1. The SMILES string of the molecule is CCNC(CC)(CCCN1CCC(C(C)(C)C)C1)C(=O)O. The molecule has 1 heterocycles. The minimum Gasteiger partial charge on any atom is -0.480 e. The first-order chi connectivity index (χ1) is 9.75. The van der Waals surface area contributed by atoms with Crippen molar-refractivity contribution >= 4 is 5.97 Å². The zero-order valence-electron chi connectivity index (χ0n) is 14.5. The molecule has 1 saturated heterocycles. The lowest BCUT2D eigenvalue weighted by atomic mass is 9.80. The van der Waals surface area contributed by atoms with Gasteiger partial charge in [0.25, 0.3) is 0 Å². The maximum Gasteiger partial charge on any atom is 0.323 e. The summed E-state index contributed by atoms with van der Waals surface area (Å²) in [6.45, 7) is 14.9. The van der Waals surface area contributed by atoms with Gasteiger partial charge in [0.1, 0.15) is 5.54 Å². The Kier molecular flexibility index (Phi) is 6.67. The van der Waals surface area contributed by atoms with E-state index in [0.29, 0.717) is 24.8 Å². The van der Waals surface area contributed by atoms with E-state index in [4.69, 9.17) is 0 Å². The van der Waals surface area contributed by atoms with Gasteiger partial charge >= 0.3 is 5.97 Å². The van der Waals surface area contributed by atoms with Crippen LogP contribution in [0.2, 0.25) is 0 Å². The molecule has 124 valence electrons. The van der Waals surface area contributed by atoms with Crippen LogP contribution in [-0.4, -0.2) is 47.7 Å². The molecule has 1 aliphatic rings. The average Bonchev–Trinajstić information content (AvgIpc) is 2.86. The molecule has 0 spiro atoms. The van der Waals surface area contributed by atoms with Crippen LogP contribution in [0.3, 0.4) is 0 Å². The van der Waals surface area contributed by atoms with E-state index in [0.717, 1.165) is 32.0 Å². The number of nitrogens with zero attached hydrogens (tertiary/aromatic N) is 1. The van der Waals surface area contributed by atoms with Crippen LogP contribution in [0.4, 0.5) is 0 Å². The number of aliphatic carboxylic acids is 1.